The monoisotopic (exact) mass is 369 g/mol. The van der Waals surface area contributed by atoms with E-state index in [4.69, 9.17) is 0 Å². The van der Waals surface area contributed by atoms with E-state index in [0.29, 0.717) is 4.88 Å². The van der Waals surface area contributed by atoms with Gasteiger partial charge in [0.2, 0.25) is 0 Å². The van der Waals surface area contributed by atoms with Crippen molar-refractivity contribution in [3.63, 3.8) is 0 Å². The maximum atomic E-state index is 11.6. The molecule has 1 rings (SSSR count). The number of esters is 1. The third-order valence-corrected chi connectivity index (χ3v) is 4.26. The molecule has 0 saturated carbocycles. The van der Waals surface area contributed by atoms with Crippen molar-refractivity contribution in [2.45, 2.75) is 4.83 Å². The number of methoxy groups -OCH3 is 1. The molecule has 0 spiro atoms. The molecule has 1 heterocycles. The summed E-state index contributed by atoms with van der Waals surface area (Å²) in [6.07, 6.45) is 0. The highest BCUT2D eigenvalue weighted by Gasteiger charge is 2.18. The predicted molar refractivity (Wildman–Crippen MR) is 69.1 cm³/mol. The number of ether oxygens (including phenoxy) is 1. The fourth-order valence-corrected chi connectivity index (χ4v) is 2.75. The second-order valence-corrected chi connectivity index (χ2v) is 5.67. The van der Waals surface area contributed by atoms with Gasteiger partial charge in [-0.2, -0.15) is 0 Å². The normalized spacial score (nSPS) is 11.9. The van der Waals surface area contributed by atoms with E-state index in [1.54, 1.807) is 6.07 Å². The van der Waals surface area contributed by atoms with E-state index in [-0.39, 0.29) is 12.5 Å². The van der Waals surface area contributed by atoms with Crippen LogP contribution in [0.15, 0.2) is 15.9 Å². The van der Waals surface area contributed by atoms with Gasteiger partial charge in [0, 0.05) is 11.0 Å². The summed E-state index contributed by atoms with van der Waals surface area (Å²) in [6.45, 7) is 0.190. The van der Waals surface area contributed by atoms with Crippen molar-refractivity contribution in [1.29, 1.82) is 0 Å². The standard InChI is InChI=1S/C9H9Br2NO3S/c1-15-9(14)6(11)4-12-8(13)7-5(10)2-3-16-7/h2-3,6H,4H2,1H3,(H,12,13). The van der Waals surface area contributed by atoms with Crippen LogP contribution in [0.2, 0.25) is 0 Å². The molecule has 0 radical (unpaired) electrons. The second-order valence-electron chi connectivity index (χ2n) is 2.80. The number of nitrogens with one attached hydrogen (secondary N) is 1. The van der Waals surface area contributed by atoms with Crippen LogP contribution in [0.1, 0.15) is 9.67 Å². The molecule has 1 unspecified atom stereocenters. The lowest BCUT2D eigenvalue weighted by Crippen LogP contribution is -2.33. The average molecular weight is 371 g/mol. The minimum atomic E-state index is -0.528. The SMILES string of the molecule is COC(=O)C(Br)CNC(=O)c1sccc1Br. The van der Waals surface area contributed by atoms with Crippen molar-refractivity contribution in [2.75, 3.05) is 13.7 Å². The topological polar surface area (TPSA) is 55.4 Å². The first-order valence-electron chi connectivity index (χ1n) is 4.29. The predicted octanol–water partition coefficient (Wildman–Crippen LogP) is 2.18. The van der Waals surface area contributed by atoms with Crippen molar-refractivity contribution in [1.82, 2.24) is 5.32 Å². The zero-order valence-electron chi connectivity index (χ0n) is 8.33. The van der Waals surface area contributed by atoms with Gasteiger partial charge in [-0.15, -0.1) is 11.3 Å². The zero-order chi connectivity index (χ0) is 12.1. The Morgan fingerprint density at radius 2 is 2.31 bits per heavy atom. The minimum Gasteiger partial charge on any atom is -0.468 e. The first-order chi connectivity index (χ1) is 7.56. The fraction of sp³-hybridized carbons (Fsp3) is 0.333. The first kappa shape index (κ1) is 13.7. The molecule has 16 heavy (non-hydrogen) atoms. The van der Waals surface area contributed by atoms with Crippen LogP contribution in [-0.4, -0.2) is 30.4 Å². The third-order valence-electron chi connectivity index (χ3n) is 1.72. The van der Waals surface area contributed by atoms with Gasteiger partial charge in [0.05, 0.1) is 7.11 Å². The van der Waals surface area contributed by atoms with E-state index >= 15 is 0 Å². The van der Waals surface area contributed by atoms with Gasteiger partial charge in [0.15, 0.2) is 0 Å². The summed E-state index contributed by atoms with van der Waals surface area (Å²) in [5, 5.41) is 4.45. The van der Waals surface area contributed by atoms with Crippen molar-refractivity contribution >= 4 is 55.1 Å². The largest absolute Gasteiger partial charge is 0.468 e. The van der Waals surface area contributed by atoms with Crippen LogP contribution in [-0.2, 0) is 9.53 Å². The van der Waals surface area contributed by atoms with Gasteiger partial charge in [0.25, 0.3) is 5.91 Å². The quantitative estimate of drug-likeness (QED) is 0.652. The number of amides is 1. The fourth-order valence-electron chi connectivity index (χ4n) is 0.930. The van der Waals surface area contributed by atoms with Crippen LogP contribution < -0.4 is 5.32 Å². The van der Waals surface area contributed by atoms with Crippen LogP contribution in [0, 0.1) is 0 Å². The van der Waals surface area contributed by atoms with Gasteiger partial charge in [-0.05, 0) is 27.4 Å². The van der Waals surface area contributed by atoms with Crippen LogP contribution in [0.4, 0.5) is 0 Å². The molecule has 4 nitrogen and oxygen atoms in total. The van der Waals surface area contributed by atoms with Gasteiger partial charge in [0.1, 0.15) is 9.70 Å². The summed E-state index contributed by atoms with van der Waals surface area (Å²) in [5.41, 5.74) is 0. The van der Waals surface area contributed by atoms with E-state index in [1.165, 1.54) is 18.4 Å². The van der Waals surface area contributed by atoms with Gasteiger partial charge < -0.3 is 10.1 Å². The molecule has 0 aliphatic carbocycles. The lowest BCUT2D eigenvalue weighted by Gasteiger charge is -2.08. The molecule has 0 aliphatic rings. The molecule has 1 atom stereocenters. The highest BCUT2D eigenvalue weighted by atomic mass is 79.9. The number of carbonyl (C=O) groups excluding carboxylic acids is 2. The minimum absolute atomic E-state index is 0.190. The zero-order valence-corrected chi connectivity index (χ0v) is 12.3. The van der Waals surface area contributed by atoms with Crippen molar-refractivity contribution in [3.05, 3.63) is 20.8 Å². The molecule has 0 aliphatic heterocycles. The molecule has 1 amide bonds. The maximum absolute atomic E-state index is 11.6. The summed E-state index contributed by atoms with van der Waals surface area (Å²) in [6, 6.07) is 1.80. The molecule has 88 valence electrons. The Morgan fingerprint density at radius 3 is 2.81 bits per heavy atom. The third kappa shape index (κ3) is 3.57. The Balaban J connectivity index is 2.48. The Bertz CT molecular complexity index is 394. The van der Waals surface area contributed by atoms with Crippen LogP contribution >= 0.6 is 43.2 Å². The van der Waals surface area contributed by atoms with Crippen molar-refractivity contribution in [2.24, 2.45) is 0 Å². The molecule has 0 aromatic carbocycles. The van der Waals surface area contributed by atoms with Crippen LogP contribution in [0.25, 0.3) is 0 Å². The summed E-state index contributed by atoms with van der Waals surface area (Å²) in [4.78, 5) is 22.7. The number of halogens is 2. The number of alkyl halides is 1. The molecule has 0 bridgehead atoms. The highest BCUT2D eigenvalue weighted by molar-refractivity contribution is 9.10. The lowest BCUT2D eigenvalue weighted by molar-refractivity contribution is -0.139. The second kappa shape index (κ2) is 6.36. The van der Waals surface area contributed by atoms with Crippen molar-refractivity contribution < 1.29 is 14.3 Å². The van der Waals surface area contributed by atoms with E-state index in [1.807, 2.05) is 5.38 Å². The van der Waals surface area contributed by atoms with Gasteiger partial charge in [-0.3, -0.25) is 9.59 Å². The number of thiophene rings is 1. The van der Waals surface area contributed by atoms with E-state index in [9.17, 15) is 9.59 Å². The Labute approximate surface area is 114 Å². The summed E-state index contributed by atoms with van der Waals surface area (Å²) < 4.78 is 5.26. The van der Waals surface area contributed by atoms with Crippen LogP contribution in [0.5, 0.6) is 0 Å². The number of hydrogen-bond donors (Lipinski definition) is 1. The van der Waals surface area contributed by atoms with Crippen LogP contribution in [0.3, 0.4) is 0 Å². The molecule has 1 N–H and O–H groups in total. The number of carbonyl (C=O) groups is 2. The first-order valence-corrected chi connectivity index (χ1v) is 6.88. The van der Waals surface area contributed by atoms with E-state index in [2.05, 4.69) is 41.9 Å². The van der Waals surface area contributed by atoms with Gasteiger partial charge >= 0.3 is 5.97 Å². The number of rotatable bonds is 4. The number of hydrogen-bond acceptors (Lipinski definition) is 4. The maximum Gasteiger partial charge on any atom is 0.321 e. The van der Waals surface area contributed by atoms with Crippen molar-refractivity contribution in [3.8, 4) is 0 Å². The Morgan fingerprint density at radius 1 is 1.62 bits per heavy atom. The molecular weight excluding hydrogens is 362 g/mol. The summed E-state index contributed by atoms with van der Waals surface area (Å²) >= 11 is 7.71. The van der Waals surface area contributed by atoms with E-state index < -0.39 is 10.8 Å². The smallest absolute Gasteiger partial charge is 0.321 e. The van der Waals surface area contributed by atoms with Gasteiger partial charge in [-0.1, -0.05) is 15.9 Å². The lowest BCUT2D eigenvalue weighted by atomic mass is 10.4. The van der Waals surface area contributed by atoms with Gasteiger partial charge in [-0.25, -0.2) is 0 Å². The molecule has 7 heteroatoms. The van der Waals surface area contributed by atoms with E-state index in [0.717, 1.165) is 4.47 Å². The molecular formula is C9H9Br2NO3S. The highest BCUT2D eigenvalue weighted by Crippen LogP contribution is 2.22. The molecule has 0 saturated heterocycles. The Kier molecular flexibility index (Phi) is 5.43. The summed E-state index contributed by atoms with van der Waals surface area (Å²) in [5.74, 6) is -0.624. The average Bonchev–Trinajstić information content (AvgIpc) is 2.70. The Hall–Kier alpha value is -0.400. The molecule has 1 aromatic heterocycles. The molecule has 1 aromatic rings. The molecule has 0 fully saturated rings. The summed E-state index contributed by atoms with van der Waals surface area (Å²) in [7, 11) is 1.30.